The molecule has 5 heteroatoms. The SMILES string of the molecule is COc1cc(C(=O)O)cc(-c2ccsc2)n1. The molecule has 82 valence electrons. The van der Waals surface area contributed by atoms with Gasteiger partial charge in [-0.05, 0) is 17.5 Å². The molecule has 0 aliphatic carbocycles. The predicted molar refractivity (Wildman–Crippen MR) is 61.1 cm³/mol. The van der Waals surface area contributed by atoms with Crippen molar-refractivity contribution in [3.63, 3.8) is 0 Å². The van der Waals surface area contributed by atoms with Gasteiger partial charge in [-0.25, -0.2) is 9.78 Å². The molecule has 0 saturated carbocycles. The Morgan fingerprint density at radius 3 is 2.88 bits per heavy atom. The first-order valence-electron chi connectivity index (χ1n) is 4.52. The van der Waals surface area contributed by atoms with E-state index in [9.17, 15) is 4.79 Å². The van der Waals surface area contributed by atoms with Gasteiger partial charge >= 0.3 is 5.97 Å². The van der Waals surface area contributed by atoms with Gasteiger partial charge < -0.3 is 9.84 Å². The van der Waals surface area contributed by atoms with Crippen LogP contribution >= 0.6 is 11.3 Å². The fourth-order valence-corrected chi connectivity index (χ4v) is 1.94. The van der Waals surface area contributed by atoms with Crippen LogP contribution in [0.3, 0.4) is 0 Å². The predicted octanol–water partition coefficient (Wildman–Crippen LogP) is 2.52. The molecule has 0 saturated heterocycles. The standard InChI is InChI=1S/C11H9NO3S/c1-15-10-5-8(11(13)14)4-9(12-10)7-2-3-16-6-7/h2-6H,1H3,(H,13,14). The molecule has 0 radical (unpaired) electrons. The number of pyridine rings is 1. The molecule has 2 heterocycles. The van der Waals surface area contributed by atoms with Crippen LogP contribution in [0.2, 0.25) is 0 Å². The number of hydrogen-bond acceptors (Lipinski definition) is 4. The number of thiophene rings is 1. The smallest absolute Gasteiger partial charge is 0.335 e. The first kappa shape index (κ1) is 10.6. The van der Waals surface area contributed by atoms with E-state index >= 15 is 0 Å². The molecule has 0 fully saturated rings. The first-order valence-corrected chi connectivity index (χ1v) is 5.47. The maximum absolute atomic E-state index is 10.9. The van der Waals surface area contributed by atoms with Crippen LogP contribution in [0.5, 0.6) is 5.88 Å². The van der Waals surface area contributed by atoms with Crippen LogP contribution in [0.25, 0.3) is 11.3 Å². The number of rotatable bonds is 3. The second-order valence-corrected chi connectivity index (χ2v) is 3.88. The minimum Gasteiger partial charge on any atom is -0.481 e. The highest BCUT2D eigenvalue weighted by molar-refractivity contribution is 7.08. The molecular weight excluding hydrogens is 226 g/mol. The number of methoxy groups -OCH3 is 1. The number of aromatic nitrogens is 1. The Kier molecular flexibility index (Phi) is 2.87. The fraction of sp³-hybridized carbons (Fsp3) is 0.0909. The van der Waals surface area contributed by atoms with Gasteiger partial charge in [0.15, 0.2) is 0 Å². The second kappa shape index (κ2) is 4.32. The molecule has 2 aromatic heterocycles. The Balaban J connectivity index is 2.53. The topological polar surface area (TPSA) is 59.4 Å². The molecule has 0 bridgehead atoms. The van der Waals surface area contributed by atoms with Crippen molar-refractivity contribution in [2.45, 2.75) is 0 Å². The molecule has 0 aliphatic heterocycles. The van der Waals surface area contributed by atoms with Gasteiger partial charge in [-0.15, -0.1) is 0 Å². The van der Waals surface area contributed by atoms with Gasteiger partial charge in [0.05, 0.1) is 18.4 Å². The van der Waals surface area contributed by atoms with Crippen LogP contribution in [-0.2, 0) is 0 Å². The van der Waals surface area contributed by atoms with Gasteiger partial charge in [-0.3, -0.25) is 0 Å². The lowest BCUT2D eigenvalue weighted by Gasteiger charge is -2.04. The van der Waals surface area contributed by atoms with Gasteiger partial charge in [0.2, 0.25) is 5.88 Å². The summed E-state index contributed by atoms with van der Waals surface area (Å²) < 4.78 is 4.97. The van der Waals surface area contributed by atoms with Crippen LogP contribution in [0, 0.1) is 0 Å². The van der Waals surface area contributed by atoms with Gasteiger partial charge in [-0.1, -0.05) is 0 Å². The quantitative estimate of drug-likeness (QED) is 0.888. The van der Waals surface area contributed by atoms with E-state index in [0.29, 0.717) is 11.6 Å². The van der Waals surface area contributed by atoms with Crippen molar-refractivity contribution in [1.29, 1.82) is 0 Å². The number of carboxylic acid groups (broad SMARTS) is 1. The summed E-state index contributed by atoms with van der Waals surface area (Å²) in [6.07, 6.45) is 0. The Morgan fingerprint density at radius 2 is 2.31 bits per heavy atom. The minimum absolute atomic E-state index is 0.174. The second-order valence-electron chi connectivity index (χ2n) is 3.10. The van der Waals surface area contributed by atoms with Gasteiger partial charge in [0.1, 0.15) is 0 Å². The maximum atomic E-state index is 10.9. The van der Waals surface area contributed by atoms with Crippen LogP contribution in [0.15, 0.2) is 29.0 Å². The van der Waals surface area contributed by atoms with Crippen molar-refractivity contribution in [2.24, 2.45) is 0 Å². The first-order chi connectivity index (χ1) is 7.70. The molecule has 0 aromatic carbocycles. The molecule has 0 amide bonds. The van der Waals surface area contributed by atoms with Gasteiger partial charge in [-0.2, -0.15) is 11.3 Å². The molecule has 16 heavy (non-hydrogen) atoms. The van der Waals surface area contributed by atoms with Crippen LogP contribution in [0.1, 0.15) is 10.4 Å². The molecule has 0 unspecified atom stereocenters. The number of carboxylic acids is 1. The van der Waals surface area contributed by atoms with E-state index < -0.39 is 5.97 Å². The highest BCUT2D eigenvalue weighted by Gasteiger charge is 2.10. The largest absolute Gasteiger partial charge is 0.481 e. The number of nitrogens with zero attached hydrogens (tertiary/aromatic N) is 1. The fourth-order valence-electron chi connectivity index (χ4n) is 1.29. The van der Waals surface area contributed by atoms with E-state index in [0.717, 1.165) is 5.56 Å². The Labute approximate surface area is 96.1 Å². The number of ether oxygens (including phenoxy) is 1. The zero-order chi connectivity index (χ0) is 11.5. The van der Waals surface area contributed by atoms with E-state index in [1.54, 1.807) is 0 Å². The third kappa shape index (κ3) is 2.04. The Hall–Kier alpha value is -1.88. The zero-order valence-electron chi connectivity index (χ0n) is 8.51. The van der Waals surface area contributed by atoms with Crippen molar-refractivity contribution in [1.82, 2.24) is 4.98 Å². The van der Waals surface area contributed by atoms with Crippen molar-refractivity contribution in [3.8, 4) is 17.1 Å². The summed E-state index contributed by atoms with van der Waals surface area (Å²) in [6.45, 7) is 0. The monoisotopic (exact) mass is 235 g/mol. The Morgan fingerprint density at radius 1 is 1.50 bits per heavy atom. The van der Waals surface area contributed by atoms with Crippen LogP contribution in [-0.4, -0.2) is 23.2 Å². The summed E-state index contributed by atoms with van der Waals surface area (Å²) in [4.78, 5) is 15.1. The van der Waals surface area contributed by atoms with E-state index in [4.69, 9.17) is 9.84 Å². The van der Waals surface area contributed by atoms with Crippen LogP contribution < -0.4 is 4.74 Å². The maximum Gasteiger partial charge on any atom is 0.335 e. The molecule has 2 aromatic rings. The van der Waals surface area contributed by atoms with E-state index in [1.165, 1.54) is 30.6 Å². The minimum atomic E-state index is -0.989. The lowest BCUT2D eigenvalue weighted by atomic mass is 10.1. The van der Waals surface area contributed by atoms with Crippen molar-refractivity contribution >= 4 is 17.3 Å². The van der Waals surface area contributed by atoms with E-state index in [-0.39, 0.29) is 5.56 Å². The lowest BCUT2D eigenvalue weighted by Crippen LogP contribution is -1.99. The third-order valence-corrected chi connectivity index (χ3v) is 2.76. The van der Waals surface area contributed by atoms with E-state index in [1.807, 2.05) is 16.8 Å². The zero-order valence-corrected chi connectivity index (χ0v) is 9.32. The highest BCUT2D eigenvalue weighted by Crippen LogP contribution is 2.24. The average molecular weight is 235 g/mol. The molecular formula is C11H9NO3S. The summed E-state index contributed by atoms with van der Waals surface area (Å²) in [6, 6.07) is 4.82. The summed E-state index contributed by atoms with van der Waals surface area (Å²) >= 11 is 1.53. The number of carbonyl (C=O) groups is 1. The Bertz CT molecular complexity index is 508. The summed E-state index contributed by atoms with van der Waals surface area (Å²) in [5, 5.41) is 12.8. The van der Waals surface area contributed by atoms with Crippen molar-refractivity contribution in [3.05, 3.63) is 34.5 Å². The lowest BCUT2D eigenvalue weighted by molar-refractivity contribution is 0.0696. The molecule has 1 N–H and O–H groups in total. The summed E-state index contributed by atoms with van der Waals surface area (Å²) in [5.41, 5.74) is 1.68. The van der Waals surface area contributed by atoms with Crippen LogP contribution in [0.4, 0.5) is 0 Å². The molecule has 0 spiro atoms. The molecule has 0 aliphatic rings. The average Bonchev–Trinajstić information content (AvgIpc) is 2.81. The molecule has 2 rings (SSSR count). The van der Waals surface area contributed by atoms with Gasteiger partial charge in [0.25, 0.3) is 0 Å². The summed E-state index contributed by atoms with van der Waals surface area (Å²) in [7, 11) is 1.46. The number of hydrogen-bond donors (Lipinski definition) is 1. The normalized spacial score (nSPS) is 10.1. The highest BCUT2D eigenvalue weighted by atomic mass is 32.1. The number of aromatic carboxylic acids is 1. The third-order valence-electron chi connectivity index (χ3n) is 2.07. The molecule has 0 atom stereocenters. The van der Waals surface area contributed by atoms with Crippen molar-refractivity contribution in [2.75, 3.05) is 7.11 Å². The van der Waals surface area contributed by atoms with E-state index in [2.05, 4.69) is 4.98 Å². The summed E-state index contributed by atoms with van der Waals surface area (Å²) in [5.74, 6) is -0.682. The van der Waals surface area contributed by atoms with Gasteiger partial charge in [0, 0.05) is 17.0 Å². The van der Waals surface area contributed by atoms with Crippen molar-refractivity contribution < 1.29 is 14.6 Å². The molecule has 4 nitrogen and oxygen atoms in total.